The van der Waals surface area contributed by atoms with E-state index in [2.05, 4.69) is 11.6 Å². The molecule has 1 aromatic heterocycles. The second-order valence-corrected chi connectivity index (χ2v) is 6.51. The molecule has 5 heteroatoms. The van der Waals surface area contributed by atoms with Crippen LogP contribution >= 0.6 is 23.1 Å². The largest absolute Gasteiger partial charge is 0.477 e. The van der Waals surface area contributed by atoms with E-state index in [1.807, 2.05) is 17.8 Å². The average Bonchev–Trinajstić information content (AvgIpc) is 2.95. The lowest BCUT2D eigenvalue weighted by atomic mass is 10.2. The molecular weight excluding hydrogens is 254 g/mol. The maximum absolute atomic E-state index is 10.8. The van der Waals surface area contributed by atoms with Crippen molar-refractivity contribution in [3.8, 4) is 0 Å². The van der Waals surface area contributed by atoms with E-state index in [1.54, 1.807) is 6.07 Å². The molecular formula is C12H17NO2S2. The van der Waals surface area contributed by atoms with E-state index in [4.69, 9.17) is 5.11 Å². The summed E-state index contributed by atoms with van der Waals surface area (Å²) < 4.78 is 0. The summed E-state index contributed by atoms with van der Waals surface area (Å²) in [6, 6.07) is 4.18. The van der Waals surface area contributed by atoms with E-state index < -0.39 is 5.97 Å². The van der Waals surface area contributed by atoms with Crippen molar-refractivity contribution < 1.29 is 9.90 Å². The van der Waals surface area contributed by atoms with E-state index in [1.165, 1.54) is 30.6 Å². The van der Waals surface area contributed by atoms with Crippen molar-refractivity contribution in [3.63, 3.8) is 0 Å². The molecule has 1 fully saturated rings. The summed E-state index contributed by atoms with van der Waals surface area (Å²) in [5.74, 6) is -0.830. The van der Waals surface area contributed by atoms with Crippen LogP contribution in [0.4, 0.5) is 0 Å². The molecule has 0 saturated heterocycles. The number of thiophene rings is 1. The number of aromatic carboxylic acids is 1. The molecule has 0 spiro atoms. The average molecular weight is 271 g/mol. The van der Waals surface area contributed by atoms with Crippen LogP contribution in [0.3, 0.4) is 0 Å². The number of thioether (sulfide) groups is 1. The fourth-order valence-corrected chi connectivity index (χ4v) is 4.02. The molecule has 0 bridgehead atoms. The van der Waals surface area contributed by atoms with Gasteiger partial charge in [0.1, 0.15) is 4.88 Å². The minimum absolute atomic E-state index is 0.426. The molecule has 2 unspecified atom stereocenters. The zero-order chi connectivity index (χ0) is 12.3. The van der Waals surface area contributed by atoms with Gasteiger partial charge in [0.25, 0.3) is 0 Å². The third kappa shape index (κ3) is 3.24. The van der Waals surface area contributed by atoms with E-state index >= 15 is 0 Å². The normalized spacial score (nSPS) is 24.1. The highest BCUT2D eigenvalue weighted by Gasteiger charge is 2.25. The second kappa shape index (κ2) is 5.89. The monoisotopic (exact) mass is 271 g/mol. The molecule has 1 aromatic rings. The number of carboxylic acid groups (broad SMARTS) is 1. The molecule has 17 heavy (non-hydrogen) atoms. The SMILES string of the molecule is CSC1CCCC1NCc1ccc(C(=O)O)s1. The molecule has 1 aliphatic carbocycles. The fourth-order valence-electron chi connectivity index (χ4n) is 2.26. The first kappa shape index (κ1) is 12.9. The molecule has 1 aliphatic rings. The number of nitrogens with one attached hydrogen (secondary N) is 1. The maximum atomic E-state index is 10.8. The summed E-state index contributed by atoms with van der Waals surface area (Å²) in [6.45, 7) is 0.791. The number of hydrogen-bond donors (Lipinski definition) is 2. The summed E-state index contributed by atoms with van der Waals surface area (Å²) in [5, 5.41) is 13.1. The van der Waals surface area contributed by atoms with Crippen LogP contribution in [0.25, 0.3) is 0 Å². The third-order valence-electron chi connectivity index (χ3n) is 3.17. The smallest absolute Gasteiger partial charge is 0.345 e. The Labute approximate surface area is 110 Å². The zero-order valence-electron chi connectivity index (χ0n) is 9.81. The molecule has 2 rings (SSSR count). The Morgan fingerprint density at radius 2 is 2.41 bits per heavy atom. The van der Waals surface area contributed by atoms with Gasteiger partial charge in [0, 0.05) is 22.7 Å². The Hall–Kier alpha value is -0.520. The van der Waals surface area contributed by atoms with Gasteiger partial charge in [0.15, 0.2) is 0 Å². The highest BCUT2D eigenvalue weighted by molar-refractivity contribution is 7.99. The highest BCUT2D eigenvalue weighted by atomic mass is 32.2. The van der Waals surface area contributed by atoms with Crippen molar-refractivity contribution in [2.45, 2.75) is 37.1 Å². The Morgan fingerprint density at radius 1 is 1.59 bits per heavy atom. The van der Waals surface area contributed by atoms with E-state index in [9.17, 15) is 4.79 Å². The van der Waals surface area contributed by atoms with Crippen molar-refractivity contribution in [3.05, 3.63) is 21.9 Å². The molecule has 3 nitrogen and oxygen atoms in total. The van der Waals surface area contributed by atoms with Crippen molar-refractivity contribution in [1.29, 1.82) is 0 Å². The van der Waals surface area contributed by atoms with Gasteiger partial charge < -0.3 is 10.4 Å². The molecule has 1 saturated carbocycles. The van der Waals surface area contributed by atoms with Gasteiger partial charge in [-0.1, -0.05) is 6.42 Å². The number of carboxylic acids is 1. The lowest BCUT2D eigenvalue weighted by Crippen LogP contribution is -2.33. The van der Waals surface area contributed by atoms with Crippen LogP contribution in [-0.4, -0.2) is 28.6 Å². The zero-order valence-corrected chi connectivity index (χ0v) is 11.4. The number of rotatable bonds is 5. The quantitative estimate of drug-likeness (QED) is 0.864. The van der Waals surface area contributed by atoms with Crippen LogP contribution in [0.1, 0.15) is 33.8 Å². The van der Waals surface area contributed by atoms with Gasteiger partial charge in [-0.05, 0) is 31.2 Å². The standard InChI is InChI=1S/C12H17NO2S2/c1-16-10-4-2-3-9(10)13-7-8-5-6-11(17-8)12(14)15/h5-6,9-10,13H,2-4,7H2,1H3,(H,14,15). The predicted octanol–water partition coefficient (Wildman–Crippen LogP) is 2.82. The first-order valence-electron chi connectivity index (χ1n) is 5.79. The van der Waals surface area contributed by atoms with Gasteiger partial charge >= 0.3 is 5.97 Å². The molecule has 2 N–H and O–H groups in total. The summed E-state index contributed by atoms with van der Waals surface area (Å²) >= 11 is 3.30. The van der Waals surface area contributed by atoms with Crippen molar-refractivity contribution >= 4 is 29.1 Å². The van der Waals surface area contributed by atoms with Gasteiger partial charge in [-0.3, -0.25) is 0 Å². The summed E-state index contributed by atoms with van der Waals surface area (Å²) in [5.41, 5.74) is 0. The molecule has 2 atom stereocenters. The first-order chi connectivity index (χ1) is 8.20. The Bertz CT molecular complexity index is 392. The van der Waals surface area contributed by atoms with Crippen LogP contribution in [0.5, 0.6) is 0 Å². The topological polar surface area (TPSA) is 49.3 Å². The number of carbonyl (C=O) groups is 1. The van der Waals surface area contributed by atoms with Crippen LogP contribution in [0.2, 0.25) is 0 Å². The third-order valence-corrected chi connectivity index (χ3v) is 5.41. The van der Waals surface area contributed by atoms with Crippen LogP contribution in [0.15, 0.2) is 12.1 Å². The van der Waals surface area contributed by atoms with Crippen molar-refractivity contribution in [2.24, 2.45) is 0 Å². The van der Waals surface area contributed by atoms with Crippen molar-refractivity contribution in [1.82, 2.24) is 5.32 Å². The van der Waals surface area contributed by atoms with Gasteiger partial charge in [-0.15, -0.1) is 11.3 Å². The molecule has 1 heterocycles. The molecule has 94 valence electrons. The fraction of sp³-hybridized carbons (Fsp3) is 0.583. The minimum atomic E-state index is -0.830. The lowest BCUT2D eigenvalue weighted by Gasteiger charge is -2.18. The maximum Gasteiger partial charge on any atom is 0.345 e. The predicted molar refractivity (Wildman–Crippen MR) is 73.1 cm³/mol. The first-order valence-corrected chi connectivity index (χ1v) is 7.89. The van der Waals surface area contributed by atoms with Crippen molar-refractivity contribution in [2.75, 3.05) is 6.26 Å². The van der Waals surface area contributed by atoms with Gasteiger partial charge in [0.05, 0.1) is 0 Å². The lowest BCUT2D eigenvalue weighted by molar-refractivity contribution is 0.0702. The van der Waals surface area contributed by atoms with Crippen LogP contribution in [0, 0.1) is 0 Å². The second-order valence-electron chi connectivity index (χ2n) is 4.26. The molecule has 0 radical (unpaired) electrons. The molecule has 0 amide bonds. The van der Waals surface area contributed by atoms with Gasteiger partial charge in [-0.2, -0.15) is 11.8 Å². The highest BCUT2D eigenvalue weighted by Crippen LogP contribution is 2.28. The van der Waals surface area contributed by atoms with Gasteiger partial charge in [-0.25, -0.2) is 4.79 Å². The van der Waals surface area contributed by atoms with Crippen LogP contribution in [-0.2, 0) is 6.54 Å². The minimum Gasteiger partial charge on any atom is -0.477 e. The number of hydrogen-bond acceptors (Lipinski definition) is 4. The van der Waals surface area contributed by atoms with E-state index in [-0.39, 0.29) is 0 Å². The summed E-state index contributed by atoms with van der Waals surface area (Å²) in [7, 11) is 0. The Morgan fingerprint density at radius 3 is 3.06 bits per heavy atom. The Kier molecular flexibility index (Phi) is 4.48. The summed E-state index contributed by atoms with van der Waals surface area (Å²) in [6.07, 6.45) is 6.00. The molecule has 0 aromatic carbocycles. The van der Waals surface area contributed by atoms with Gasteiger partial charge in [0.2, 0.25) is 0 Å². The summed E-state index contributed by atoms with van der Waals surface area (Å²) in [4.78, 5) is 12.3. The Balaban J connectivity index is 1.86. The van der Waals surface area contributed by atoms with E-state index in [0.717, 1.165) is 11.4 Å². The molecule has 0 aliphatic heterocycles. The van der Waals surface area contributed by atoms with Crippen LogP contribution < -0.4 is 5.32 Å². The van der Waals surface area contributed by atoms with E-state index in [0.29, 0.717) is 16.2 Å².